The fourth-order valence-electron chi connectivity index (χ4n) is 10.0. The quantitative estimate of drug-likeness (QED) is 0.139. The zero-order valence-corrected chi connectivity index (χ0v) is 38.0. The molecule has 2 aliphatic heterocycles. The second-order valence-electron chi connectivity index (χ2n) is 17.8. The number of aryl methyl sites for hydroxylation is 2. The van der Waals surface area contributed by atoms with Crippen molar-refractivity contribution in [2.75, 3.05) is 25.1 Å². The van der Waals surface area contributed by atoms with Gasteiger partial charge in [0.2, 0.25) is 0 Å². The van der Waals surface area contributed by atoms with E-state index in [4.69, 9.17) is 29.9 Å². The van der Waals surface area contributed by atoms with Gasteiger partial charge in [0, 0.05) is 35.2 Å². The fraction of sp³-hybridized carbons (Fsp3) is 0.429. The van der Waals surface area contributed by atoms with Crippen molar-refractivity contribution < 1.29 is 23.1 Å². The lowest BCUT2D eigenvalue weighted by Crippen LogP contribution is -2.47. The standard InChI is InChI=1S/C35H36FN9O2S.C14H17NO2/c1-19-20(2)48-34-30(19)31(39-27(16-29-38-10-13-47-29)33-43-40-21(3)45(33)34)24-5-4-22(15-25(24)36)14-23-17-35(18-23)8-11-44(12-9-35)28-7-6-26(32(37)46)41-42-28;1-16-14-9-13(8-7-11(14)10-15)17-12-5-3-2-4-6-12/h4-7,10,13,15,23,27H,8-9,11-12,14,16-18H2,1-3H3,(H2,37,46);7-9,12H,2-6H2,1H3. The van der Waals surface area contributed by atoms with Crippen LogP contribution in [0.1, 0.15) is 125 Å². The second-order valence-corrected chi connectivity index (χ2v) is 19.0. The number of benzene rings is 2. The highest BCUT2D eigenvalue weighted by Gasteiger charge is 2.46. The molecular formula is C49H53FN10O4S. The zero-order valence-electron chi connectivity index (χ0n) is 37.2. The molecule has 336 valence electrons. The van der Waals surface area contributed by atoms with Crippen LogP contribution in [0.15, 0.2) is 70.4 Å². The first-order valence-corrected chi connectivity index (χ1v) is 23.2. The second kappa shape index (κ2) is 18.6. The molecule has 0 bridgehead atoms. The number of oxazole rings is 1. The molecule has 6 aromatic rings. The lowest BCUT2D eigenvalue weighted by Gasteiger charge is -2.52. The van der Waals surface area contributed by atoms with Crippen LogP contribution in [0.3, 0.4) is 0 Å². The molecule has 1 unspecified atom stereocenters. The molecule has 0 radical (unpaired) electrons. The van der Waals surface area contributed by atoms with Crippen molar-refractivity contribution in [2.24, 2.45) is 22.1 Å². The van der Waals surface area contributed by atoms with Gasteiger partial charge < -0.3 is 24.5 Å². The van der Waals surface area contributed by atoms with Gasteiger partial charge in [-0.25, -0.2) is 9.37 Å². The summed E-state index contributed by atoms with van der Waals surface area (Å²) in [6.07, 6.45) is 15.2. The minimum absolute atomic E-state index is 0.175. The van der Waals surface area contributed by atoms with Gasteiger partial charge in [0.05, 0.1) is 37.1 Å². The summed E-state index contributed by atoms with van der Waals surface area (Å²) in [6, 6.07) is 16.2. The molecule has 1 spiro atoms. The van der Waals surface area contributed by atoms with Gasteiger partial charge >= 0.3 is 0 Å². The van der Waals surface area contributed by atoms with E-state index in [1.54, 1.807) is 55.2 Å². The Morgan fingerprint density at radius 1 is 1.00 bits per heavy atom. The molecule has 65 heavy (non-hydrogen) atoms. The third kappa shape index (κ3) is 9.11. The number of piperidine rings is 1. The van der Waals surface area contributed by atoms with E-state index in [9.17, 15) is 4.79 Å². The number of hydrogen-bond acceptors (Lipinski definition) is 13. The predicted octanol–water partition coefficient (Wildman–Crippen LogP) is 8.92. The number of fused-ring (bicyclic) bond motifs is 3. The summed E-state index contributed by atoms with van der Waals surface area (Å²) in [5.41, 5.74) is 10.5. The minimum Gasteiger partial charge on any atom is -0.495 e. The normalized spacial score (nSPS) is 18.0. The van der Waals surface area contributed by atoms with Crippen LogP contribution in [0.4, 0.5) is 10.2 Å². The molecule has 2 aliphatic carbocycles. The minimum atomic E-state index is -0.574. The van der Waals surface area contributed by atoms with Crippen molar-refractivity contribution in [3.8, 4) is 22.6 Å². The van der Waals surface area contributed by atoms with Gasteiger partial charge in [-0.2, -0.15) is 5.26 Å². The number of nitrogens with two attached hydrogens (primary N) is 1. The molecule has 1 saturated heterocycles. The molecule has 16 heteroatoms. The third-order valence-corrected chi connectivity index (χ3v) is 14.7. The van der Waals surface area contributed by atoms with E-state index >= 15 is 4.39 Å². The Bertz CT molecular complexity index is 2740. The molecule has 2 saturated carbocycles. The summed E-state index contributed by atoms with van der Waals surface area (Å²) in [5.74, 6) is 3.84. The van der Waals surface area contributed by atoms with E-state index in [0.717, 1.165) is 102 Å². The van der Waals surface area contributed by atoms with Crippen LogP contribution in [-0.4, -0.2) is 67.9 Å². The highest BCUT2D eigenvalue weighted by Crippen LogP contribution is 2.54. The maximum atomic E-state index is 16.2. The lowest BCUT2D eigenvalue weighted by atomic mass is 9.56. The van der Waals surface area contributed by atoms with Crippen molar-refractivity contribution in [3.05, 3.63) is 123 Å². The van der Waals surface area contributed by atoms with E-state index in [2.05, 4.69) is 60.8 Å². The number of rotatable bonds is 10. The van der Waals surface area contributed by atoms with Gasteiger partial charge in [-0.3, -0.25) is 14.4 Å². The number of halogens is 1. The first kappa shape index (κ1) is 43.8. The zero-order chi connectivity index (χ0) is 45.2. The van der Waals surface area contributed by atoms with E-state index < -0.39 is 11.9 Å². The Balaban J connectivity index is 0.000000264. The van der Waals surface area contributed by atoms with Crippen LogP contribution in [0, 0.1) is 49.3 Å². The van der Waals surface area contributed by atoms with Crippen molar-refractivity contribution >= 4 is 28.8 Å². The Morgan fingerprint density at radius 3 is 2.48 bits per heavy atom. The third-order valence-electron chi connectivity index (χ3n) is 13.5. The van der Waals surface area contributed by atoms with Crippen molar-refractivity contribution in [1.29, 1.82) is 5.26 Å². The summed E-state index contributed by atoms with van der Waals surface area (Å²) < 4.78 is 35.0. The van der Waals surface area contributed by atoms with E-state index in [0.29, 0.717) is 58.2 Å². The Hall–Kier alpha value is -6.47. The molecule has 3 fully saturated rings. The van der Waals surface area contributed by atoms with Gasteiger partial charge in [0.25, 0.3) is 5.91 Å². The van der Waals surface area contributed by atoms with E-state index in [1.807, 2.05) is 25.1 Å². The van der Waals surface area contributed by atoms with Crippen LogP contribution in [0.25, 0.3) is 5.00 Å². The summed E-state index contributed by atoms with van der Waals surface area (Å²) in [6.45, 7) is 7.89. The predicted molar refractivity (Wildman–Crippen MR) is 245 cm³/mol. The summed E-state index contributed by atoms with van der Waals surface area (Å²) in [5, 5.41) is 26.9. The topological polar surface area (TPSA) is 183 Å². The maximum Gasteiger partial charge on any atom is 0.269 e. The lowest BCUT2D eigenvalue weighted by molar-refractivity contribution is 0.0281. The number of thiophene rings is 1. The van der Waals surface area contributed by atoms with Gasteiger partial charge in [-0.15, -0.1) is 31.7 Å². The number of aliphatic imine (C=N–C) groups is 1. The van der Waals surface area contributed by atoms with Gasteiger partial charge in [-0.1, -0.05) is 12.5 Å². The van der Waals surface area contributed by atoms with Crippen molar-refractivity contribution in [2.45, 2.75) is 104 Å². The first-order chi connectivity index (χ1) is 31.5. The van der Waals surface area contributed by atoms with Gasteiger partial charge in [0.1, 0.15) is 46.5 Å². The summed E-state index contributed by atoms with van der Waals surface area (Å²) >= 11 is 1.65. The highest BCUT2D eigenvalue weighted by atomic mass is 32.1. The van der Waals surface area contributed by atoms with Gasteiger partial charge in [0.15, 0.2) is 23.2 Å². The number of primary amides is 1. The number of nitriles is 1. The molecule has 4 aromatic heterocycles. The number of amides is 1. The van der Waals surface area contributed by atoms with E-state index in [1.165, 1.54) is 19.3 Å². The number of nitrogens with zero attached hydrogens (tertiary/aromatic N) is 9. The van der Waals surface area contributed by atoms with Crippen LogP contribution in [0.2, 0.25) is 0 Å². The summed E-state index contributed by atoms with van der Waals surface area (Å²) in [7, 11) is 1.57. The molecule has 1 amide bonds. The van der Waals surface area contributed by atoms with Crippen LogP contribution in [-0.2, 0) is 12.8 Å². The molecule has 2 aromatic carbocycles. The Morgan fingerprint density at radius 2 is 1.80 bits per heavy atom. The SMILES string of the molecule is COc1cc(OC2CCCCC2)ccc1C#N.Cc1sc2c(c1C)C(c1ccc(CC3CC4(CCN(c5ccc(C(N)=O)nn5)CC4)C3)cc1F)=NC(Cc1ncco1)c1nnc(C)n1-2. The molecule has 6 heterocycles. The molecule has 1 atom stereocenters. The monoisotopic (exact) mass is 896 g/mol. The highest BCUT2D eigenvalue weighted by molar-refractivity contribution is 7.15. The van der Waals surface area contributed by atoms with Crippen molar-refractivity contribution in [3.63, 3.8) is 0 Å². The van der Waals surface area contributed by atoms with Gasteiger partial charge in [-0.05, 0) is 137 Å². The average molecular weight is 897 g/mol. The van der Waals surface area contributed by atoms with Crippen LogP contribution >= 0.6 is 11.3 Å². The number of anilines is 1. The number of aromatic nitrogens is 6. The molecule has 4 aliphatic rings. The first-order valence-electron chi connectivity index (χ1n) is 22.4. The number of methoxy groups -OCH3 is 1. The van der Waals surface area contributed by atoms with Crippen LogP contribution < -0.4 is 20.1 Å². The average Bonchev–Trinajstić information content (AvgIpc) is 4.02. The number of ether oxygens (including phenoxy) is 2. The molecule has 14 nitrogen and oxygen atoms in total. The number of hydrogen-bond donors (Lipinski definition) is 1. The molecular weight excluding hydrogens is 844 g/mol. The Labute approximate surface area is 381 Å². The maximum absolute atomic E-state index is 16.2. The molecule has 2 N–H and O–H groups in total. The largest absolute Gasteiger partial charge is 0.495 e. The van der Waals surface area contributed by atoms with Crippen molar-refractivity contribution in [1.82, 2.24) is 29.9 Å². The van der Waals surface area contributed by atoms with E-state index in [-0.39, 0.29) is 11.5 Å². The number of carbonyl (C=O) groups is 1. The number of carbonyl (C=O) groups excluding carboxylic acids is 1. The molecule has 10 rings (SSSR count). The smallest absolute Gasteiger partial charge is 0.269 e. The van der Waals surface area contributed by atoms with Crippen LogP contribution in [0.5, 0.6) is 11.5 Å². The summed E-state index contributed by atoms with van der Waals surface area (Å²) in [4.78, 5) is 24.2. The fourth-order valence-corrected chi connectivity index (χ4v) is 11.2. The Kier molecular flexibility index (Phi) is 12.5.